The number of methoxy groups -OCH3 is 1. The molecule has 0 aliphatic carbocycles. The average Bonchev–Trinajstić information content (AvgIpc) is 2.79. The first-order chi connectivity index (χ1) is 15.0. The van der Waals surface area contributed by atoms with Crippen LogP contribution in [-0.4, -0.2) is 49.7 Å². The molecule has 0 atom stereocenters. The minimum Gasteiger partial charge on any atom is -0.493 e. The van der Waals surface area contributed by atoms with Gasteiger partial charge in [-0.15, -0.1) is 0 Å². The molecule has 2 amide bonds. The number of ether oxygens (including phenoxy) is 3. The summed E-state index contributed by atoms with van der Waals surface area (Å²) < 4.78 is 16.3. The molecule has 1 fully saturated rings. The zero-order valence-electron chi connectivity index (χ0n) is 17.7. The smallest absolute Gasteiger partial charge is 0.409 e. The standard InChI is InChI=1S/C23H27ClN2O5/c1-3-30-23(28)26-12-10-19(11-13-26)25-22(27)17-6-9-20(21(14-17)29-2)31-15-16-4-7-18(24)8-5-16/h4-9,14,19H,3,10-13,15H2,1-2H3,(H,25,27). The van der Waals surface area contributed by atoms with E-state index in [1.165, 1.54) is 7.11 Å². The molecule has 1 aliphatic heterocycles. The van der Waals surface area contributed by atoms with Gasteiger partial charge in [0, 0.05) is 29.7 Å². The van der Waals surface area contributed by atoms with Crippen molar-refractivity contribution in [1.29, 1.82) is 0 Å². The molecule has 1 N–H and O–H groups in total. The fourth-order valence-electron chi connectivity index (χ4n) is 3.36. The molecule has 7 nitrogen and oxygen atoms in total. The summed E-state index contributed by atoms with van der Waals surface area (Å²) in [5.41, 5.74) is 1.46. The van der Waals surface area contributed by atoms with Crippen molar-refractivity contribution in [3.63, 3.8) is 0 Å². The summed E-state index contributed by atoms with van der Waals surface area (Å²) in [6.45, 7) is 3.62. The number of piperidine rings is 1. The maximum atomic E-state index is 12.7. The van der Waals surface area contributed by atoms with E-state index in [0.717, 1.165) is 5.56 Å². The molecule has 1 saturated heterocycles. The Morgan fingerprint density at radius 3 is 2.45 bits per heavy atom. The summed E-state index contributed by atoms with van der Waals surface area (Å²) in [5, 5.41) is 3.70. The maximum Gasteiger partial charge on any atom is 0.409 e. The lowest BCUT2D eigenvalue weighted by molar-refractivity contribution is 0.0859. The number of amides is 2. The highest BCUT2D eigenvalue weighted by Gasteiger charge is 2.25. The van der Waals surface area contributed by atoms with Gasteiger partial charge in [0.05, 0.1) is 13.7 Å². The van der Waals surface area contributed by atoms with E-state index in [1.807, 2.05) is 24.3 Å². The van der Waals surface area contributed by atoms with Crippen LogP contribution in [0.15, 0.2) is 42.5 Å². The molecule has 1 heterocycles. The number of hydrogen-bond acceptors (Lipinski definition) is 5. The largest absolute Gasteiger partial charge is 0.493 e. The Labute approximate surface area is 187 Å². The topological polar surface area (TPSA) is 77.1 Å². The monoisotopic (exact) mass is 446 g/mol. The van der Waals surface area contributed by atoms with Gasteiger partial charge in [0.25, 0.3) is 5.91 Å². The molecular weight excluding hydrogens is 420 g/mol. The van der Waals surface area contributed by atoms with Crippen molar-refractivity contribution in [2.45, 2.75) is 32.4 Å². The molecule has 0 aromatic heterocycles. The van der Waals surface area contributed by atoms with E-state index in [9.17, 15) is 9.59 Å². The average molecular weight is 447 g/mol. The Bertz CT molecular complexity index is 895. The number of benzene rings is 2. The quantitative estimate of drug-likeness (QED) is 0.687. The van der Waals surface area contributed by atoms with Crippen molar-refractivity contribution in [2.75, 3.05) is 26.8 Å². The van der Waals surface area contributed by atoms with Crippen molar-refractivity contribution >= 4 is 23.6 Å². The molecular formula is C23H27ClN2O5. The normalized spacial score (nSPS) is 14.1. The number of carbonyl (C=O) groups is 2. The van der Waals surface area contributed by atoms with Gasteiger partial charge < -0.3 is 24.4 Å². The van der Waals surface area contributed by atoms with Gasteiger partial charge in [-0.2, -0.15) is 0 Å². The molecule has 166 valence electrons. The number of rotatable bonds is 7. The Balaban J connectivity index is 1.55. The Kier molecular flexibility index (Phi) is 8.00. The first-order valence-corrected chi connectivity index (χ1v) is 10.7. The van der Waals surface area contributed by atoms with Gasteiger partial charge in [0.2, 0.25) is 0 Å². The molecule has 0 unspecified atom stereocenters. The van der Waals surface area contributed by atoms with E-state index in [-0.39, 0.29) is 18.0 Å². The number of nitrogens with one attached hydrogen (secondary N) is 1. The first-order valence-electron chi connectivity index (χ1n) is 10.3. The van der Waals surface area contributed by atoms with Crippen LogP contribution in [-0.2, 0) is 11.3 Å². The molecule has 0 spiro atoms. The minimum absolute atomic E-state index is 0.00463. The van der Waals surface area contributed by atoms with Gasteiger partial charge in [-0.1, -0.05) is 23.7 Å². The fourth-order valence-corrected chi connectivity index (χ4v) is 3.49. The molecule has 8 heteroatoms. The summed E-state index contributed by atoms with van der Waals surface area (Å²) in [4.78, 5) is 26.2. The van der Waals surface area contributed by atoms with E-state index in [4.69, 9.17) is 25.8 Å². The van der Waals surface area contributed by atoms with E-state index < -0.39 is 0 Å². The van der Waals surface area contributed by atoms with Crippen LogP contribution in [0.3, 0.4) is 0 Å². The predicted octanol–water partition coefficient (Wildman–Crippen LogP) is 4.28. The summed E-state index contributed by atoms with van der Waals surface area (Å²) in [6.07, 6.45) is 1.07. The lowest BCUT2D eigenvalue weighted by atomic mass is 10.0. The Hall–Kier alpha value is -2.93. The van der Waals surface area contributed by atoms with Crippen LogP contribution < -0.4 is 14.8 Å². The van der Waals surface area contributed by atoms with Crippen LogP contribution in [0.25, 0.3) is 0 Å². The highest BCUT2D eigenvalue weighted by atomic mass is 35.5. The Morgan fingerprint density at radius 2 is 1.81 bits per heavy atom. The van der Waals surface area contributed by atoms with Crippen LogP contribution in [0, 0.1) is 0 Å². The third-order valence-corrected chi connectivity index (χ3v) is 5.34. The second kappa shape index (κ2) is 10.9. The number of carbonyl (C=O) groups excluding carboxylic acids is 2. The first kappa shape index (κ1) is 22.7. The van der Waals surface area contributed by atoms with Crippen molar-refractivity contribution in [2.24, 2.45) is 0 Å². The highest BCUT2D eigenvalue weighted by Crippen LogP contribution is 2.29. The maximum absolute atomic E-state index is 12.7. The Morgan fingerprint density at radius 1 is 1.10 bits per heavy atom. The third kappa shape index (κ3) is 6.28. The number of hydrogen-bond donors (Lipinski definition) is 1. The van der Waals surface area contributed by atoms with Gasteiger partial charge >= 0.3 is 6.09 Å². The summed E-state index contributed by atoms with van der Waals surface area (Å²) in [6, 6.07) is 12.5. The number of likely N-dealkylation sites (tertiary alicyclic amines) is 1. The number of halogens is 1. The SMILES string of the molecule is CCOC(=O)N1CCC(NC(=O)c2ccc(OCc3ccc(Cl)cc3)c(OC)c2)CC1. The van der Waals surface area contributed by atoms with Gasteiger partial charge in [-0.3, -0.25) is 4.79 Å². The molecule has 0 bridgehead atoms. The second-order valence-electron chi connectivity index (χ2n) is 7.21. The van der Waals surface area contributed by atoms with Crippen molar-refractivity contribution in [3.05, 3.63) is 58.6 Å². The van der Waals surface area contributed by atoms with Crippen molar-refractivity contribution < 1.29 is 23.8 Å². The van der Waals surface area contributed by atoms with Crippen LogP contribution in [0.1, 0.15) is 35.7 Å². The van der Waals surface area contributed by atoms with Gasteiger partial charge in [-0.25, -0.2) is 4.79 Å². The lowest BCUT2D eigenvalue weighted by Gasteiger charge is -2.31. The highest BCUT2D eigenvalue weighted by molar-refractivity contribution is 6.30. The summed E-state index contributed by atoms with van der Waals surface area (Å²) in [5.74, 6) is 0.854. The fraction of sp³-hybridized carbons (Fsp3) is 0.391. The molecule has 2 aromatic rings. The minimum atomic E-state index is -0.300. The van der Waals surface area contributed by atoms with Crippen LogP contribution in [0.5, 0.6) is 11.5 Å². The summed E-state index contributed by atoms with van der Waals surface area (Å²) in [7, 11) is 1.54. The zero-order valence-corrected chi connectivity index (χ0v) is 18.5. The van der Waals surface area contributed by atoms with Crippen molar-refractivity contribution in [1.82, 2.24) is 10.2 Å². The van der Waals surface area contributed by atoms with E-state index in [2.05, 4.69) is 5.32 Å². The number of nitrogens with zero attached hydrogens (tertiary/aromatic N) is 1. The molecule has 31 heavy (non-hydrogen) atoms. The zero-order chi connectivity index (χ0) is 22.2. The lowest BCUT2D eigenvalue weighted by Crippen LogP contribution is -2.46. The third-order valence-electron chi connectivity index (χ3n) is 5.09. The van der Waals surface area contributed by atoms with Crippen molar-refractivity contribution in [3.8, 4) is 11.5 Å². The van der Waals surface area contributed by atoms with E-state index in [0.29, 0.717) is 61.2 Å². The van der Waals surface area contributed by atoms with E-state index >= 15 is 0 Å². The predicted molar refractivity (Wildman–Crippen MR) is 118 cm³/mol. The molecule has 3 rings (SSSR count). The van der Waals surface area contributed by atoms with E-state index in [1.54, 1.807) is 30.0 Å². The van der Waals surface area contributed by atoms with Crippen LogP contribution in [0.2, 0.25) is 5.02 Å². The van der Waals surface area contributed by atoms with Gasteiger partial charge in [-0.05, 0) is 55.7 Å². The summed E-state index contributed by atoms with van der Waals surface area (Å²) >= 11 is 5.91. The van der Waals surface area contributed by atoms with Crippen LogP contribution in [0.4, 0.5) is 4.79 Å². The second-order valence-corrected chi connectivity index (χ2v) is 7.65. The molecule has 2 aromatic carbocycles. The van der Waals surface area contributed by atoms with Crippen LogP contribution >= 0.6 is 11.6 Å². The van der Waals surface area contributed by atoms with Gasteiger partial charge in [0.15, 0.2) is 11.5 Å². The molecule has 0 saturated carbocycles. The van der Waals surface area contributed by atoms with Gasteiger partial charge in [0.1, 0.15) is 6.61 Å². The molecule has 0 radical (unpaired) electrons. The molecule has 1 aliphatic rings.